The summed E-state index contributed by atoms with van der Waals surface area (Å²) in [6, 6.07) is 15.9. The Morgan fingerprint density at radius 3 is 2.55 bits per heavy atom. The van der Waals surface area contributed by atoms with Gasteiger partial charge in [-0.15, -0.1) is 0 Å². The average molecular weight is 435 g/mol. The van der Waals surface area contributed by atoms with E-state index < -0.39 is 0 Å². The fourth-order valence-corrected chi connectivity index (χ4v) is 4.16. The van der Waals surface area contributed by atoms with Crippen LogP contribution in [0.1, 0.15) is 35.6 Å². The smallest absolute Gasteiger partial charge is 0.232 e. The summed E-state index contributed by atoms with van der Waals surface area (Å²) in [6.07, 6.45) is 1.42. The molecular formula is C25H20ClFN2O2. The van der Waals surface area contributed by atoms with Crippen molar-refractivity contribution < 1.29 is 13.9 Å². The minimum Gasteiger partial charge on any atom is -0.497 e. The van der Waals surface area contributed by atoms with E-state index in [0.29, 0.717) is 34.9 Å². The van der Waals surface area contributed by atoms with E-state index in [1.165, 1.54) is 12.1 Å². The van der Waals surface area contributed by atoms with Crippen LogP contribution in [-0.2, 0) is 6.42 Å². The molecule has 0 fully saturated rings. The fraction of sp³-hybridized carbons (Fsp3) is 0.200. The predicted octanol–water partition coefficient (Wildman–Crippen LogP) is 6.22. The summed E-state index contributed by atoms with van der Waals surface area (Å²) in [7, 11) is 1.63. The highest BCUT2D eigenvalue weighted by Crippen LogP contribution is 2.43. The highest BCUT2D eigenvalue weighted by Gasteiger charge is 2.24. The Morgan fingerprint density at radius 2 is 1.87 bits per heavy atom. The number of pyridine rings is 1. The van der Waals surface area contributed by atoms with E-state index in [1.807, 2.05) is 31.2 Å². The molecule has 0 saturated carbocycles. The van der Waals surface area contributed by atoms with Crippen LogP contribution in [0.15, 0.2) is 48.5 Å². The molecule has 0 radical (unpaired) electrons. The van der Waals surface area contributed by atoms with Gasteiger partial charge < -0.3 is 9.47 Å². The third kappa shape index (κ3) is 3.99. The Labute approximate surface area is 185 Å². The van der Waals surface area contributed by atoms with Crippen molar-refractivity contribution in [2.75, 3.05) is 13.7 Å². The number of halogens is 2. The number of allylic oxidation sites excluding steroid dienone is 1. The zero-order valence-electron chi connectivity index (χ0n) is 17.2. The van der Waals surface area contributed by atoms with E-state index in [4.69, 9.17) is 21.1 Å². The Kier molecular flexibility index (Phi) is 5.92. The van der Waals surface area contributed by atoms with Crippen LogP contribution in [0.5, 0.6) is 11.6 Å². The first-order valence-electron chi connectivity index (χ1n) is 9.95. The van der Waals surface area contributed by atoms with Crippen LogP contribution in [0.3, 0.4) is 0 Å². The quantitative estimate of drug-likeness (QED) is 0.478. The highest BCUT2D eigenvalue weighted by atomic mass is 35.5. The Morgan fingerprint density at radius 1 is 1.10 bits per heavy atom. The van der Waals surface area contributed by atoms with E-state index >= 15 is 0 Å². The summed E-state index contributed by atoms with van der Waals surface area (Å²) in [4.78, 5) is 4.53. The SMILES string of the molecule is CCOc1nc(-c2ccc(F)cc2)cc(C2=C(Cl)c3ccc(OC)cc3CC2)c1C#N. The molecule has 1 aliphatic rings. The van der Waals surface area contributed by atoms with Gasteiger partial charge in [-0.05, 0) is 85.0 Å². The van der Waals surface area contributed by atoms with Crippen LogP contribution in [0.25, 0.3) is 21.9 Å². The second-order valence-corrected chi connectivity index (χ2v) is 7.48. The predicted molar refractivity (Wildman–Crippen MR) is 119 cm³/mol. The molecular weight excluding hydrogens is 415 g/mol. The zero-order valence-corrected chi connectivity index (χ0v) is 18.0. The highest BCUT2D eigenvalue weighted by molar-refractivity contribution is 6.53. The molecule has 4 rings (SSSR count). The van der Waals surface area contributed by atoms with Gasteiger partial charge in [-0.3, -0.25) is 0 Å². The van der Waals surface area contributed by atoms with Crippen molar-refractivity contribution in [2.45, 2.75) is 19.8 Å². The fourth-order valence-electron chi connectivity index (χ4n) is 3.78. The maximum absolute atomic E-state index is 13.4. The molecule has 4 nitrogen and oxygen atoms in total. The maximum Gasteiger partial charge on any atom is 0.232 e. The summed E-state index contributed by atoms with van der Waals surface area (Å²) in [5.74, 6) is 0.706. The van der Waals surface area contributed by atoms with Gasteiger partial charge in [0.1, 0.15) is 23.2 Å². The number of aromatic nitrogens is 1. The van der Waals surface area contributed by atoms with Crippen molar-refractivity contribution >= 4 is 22.2 Å². The second-order valence-electron chi connectivity index (χ2n) is 7.10. The van der Waals surface area contributed by atoms with Gasteiger partial charge in [-0.25, -0.2) is 9.37 Å². The molecule has 0 unspecified atom stereocenters. The summed E-state index contributed by atoms with van der Waals surface area (Å²) < 4.78 is 24.4. The Balaban J connectivity index is 1.92. The van der Waals surface area contributed by atoms with Crippen molar-refractivity contribution in [1.82, 2.24) is 4.98 Å². The number of aryl methyl sites for hydroxylation is 1. The second kappa shape index (κ2) is 8.79. The first-order chi connectivity index (χ1) is 15.0. The van der Waals surface area contributed by atoms with Crippen LogP contribution < -0.4 is 9.47 Å². The van der Waals surface area contributed by atoms with Crippen LogP contribution >= 0.6 is 11.6 Å². The van der Waals surface area contributed by atoms with E-state index in [1.54, 1.807) is 19.2 Å². The standard InChI is InChI=1S/C25H20ClFN2O2/c1-3-31-25-22(14-28)21(13-23(29-25)15-4-7-17(27)8-5-15)20-10-6-16-12-18(30-2)9-11-19(16)24(20)26/h4-5,7-9,11-13H,3,6,10H2,1-2H3. The first-order valence-corrected chi connectivity index (χ1v) is 10.3. The lowest BCUT2D eigenvalue weighted by Crippen LogP contribution is -2.07. The minimum absolute atomic E-state index is 0.249. The van der Waals surface area contributed by atoms with Crippen molar-refractivity contribution in [2.24, 2.45) is 0 Å². The Hall–Kier alpha value is -3.36. The van der Waals surface area contributed by atoms with Gasteiger partial charge in [0, 0.05) is 11.1 Å². The lowest BCUT2D eigenvalue weighted by molar-refractivity contribution is 0.326. The summed E-state index contributed by atoms with van der Waals surface area (Å²) in [5.41, 5.74) is 5.24. The van der Waals surface area contributed by atoms with Gasteiger partial charge in [0.15, 0.2) is 0 Å². The van der Waals surface area contributed by atoms with E-state index in [2.05, 4.69) is 11.1 Å². The molecule has 1 aliphatic carbocycles. The van der Waals surface area contributed by atoms with Crippen molar-refractivity contribution in [3.8, 4) is 29.0 Å². The molecule has 0 aliphatic heterocycles. The van der Waals surface area contributed by atoms with Gasteiger partial charge in [-0.2, -0.15) is 5.26 Å². The van der Waals surface area contributed by atoms with E-state index in [9.17, 15) is 9.65 Å². The van der Waals surface area contributed by atoms with Gasteiger partial charge in [0.2, 0.25) is 5.88 Å². The molecule has 0 saturated heterocycles. The summed E-state index contributed by atoms with van der Waals surface area (Å²) in [5, 5.41) is 10.5. The van der Waals surface area contributed by atoms with Gasteiger partial charge in [0.05, 0.1) is 24.4 Å². The number of hydrogen-bond acceptors (Lipinski definition) is 4. The molecule has 31 heavy (non-hydrogen) atoms. The van der Waals surface area contributed by atoms with Crippen molar-refractivity contribution in [3.05, 3.63) is 76.6 Å². The maximum atomic E-state index is 13.4. The lowest BCUT2D eigenvalue weighted by Gasteiger charge is -2.22. The molecule has 6 heteroatoms. The topological polar surface area (TPSA) is 55.1 Å². The lowest BCUT2D eigenvalue weighted by atomic mass is 9.86. The monoisotopic (exact) mass is 434 g/mol. The summed E-state index contributed by atoms with van der Waals surface area (Å²) in [6.45, 7) is 2.20. The molecule has 156 valence electrons. The Bertz CT molecular complexity index is 1210. The average Bonchev–Trinajstić information content (AvgIpc) is 2.79. The van der Waals surface area contributed by atoms with Gasteiger partial charge in [0.25, 0.3) is 0 Å². The summed E-state index contributed by atoms with van der Waals surface area (Å²) >= 11 is 6.84. The van der Waals surface area contributed by atoms with Crippen LogP contribution in [0.4, 0.5) is 4.39 Å². The van der Waals surface area contributed by atoms with Crippen LogP contribution in [-0.4, -0.2) is 18.7 Å². The molecule has 0 amide bonds. The molecule has 1 aromatic heterocycles. The molecule has 0 spiro atoms. The number of benzene rings is 2. The number of nitrogens with zero attached hydrogens (tertiary/aromatic N) is 2. The molecule has 0 bridgehead atoms. The number of ether oxygens (including phenoxy) is 2. The third-order valence-electron chi connectivity index (χ3n) is 5.30. The number of methoxy groups -OCH3 is 1. The molecule has 2 aromatic carbocycles. The van der Waals surface area contributed by atoms with Crippen LogP contribution in [0, 0.1) is 17.1 Å². The number of fused-ring (bicyclic) bond motifs is 1. The number of nitriles is 1. The largest absolute Gasteiger partial charge is 0.497 e. The van der Waals surface area contributed by atoms with E-state index in [-0.39, 0.29) is 11.7 Å². The van der Waals surface area contributed by atoms with Crippen LogP contribution in [0.2, 0.25) is 0 Å². The minimum atomic E-state index is -0.326. The third-order valence-corrected chi connectivity index (χ3v) is 5.73. The first kappa shape index (κ1) is 20.9. The van der Waals surface area contributed by atoms with Crippen molar-refractivity contribution in [1.29, 1.82) is 5.26 Å². The molecule has 3 aromatic rings. The number of hydrogen-bond donors (Lipinski definition) is 0. The van der Waals surface area contributed by atoms with Gasteiger partial charge >= 0.3 is 0 Å². The molecule has 0 N–H and O–H groups in total. The van der Waals surface area contributed by atoms with E-state index in [0.717, 1.165) is 34.4 Å². The molecule has 0 atom stereocenters. The number of rotatable bonds is 5. The molecule has 1 heterocycles. The normalized spacial score (nSPS) is 12.9. The van der Waals surface area contributed by atoms with Crippen molar-refractivity contribution in [3.63, 3.8) is 0 Å². The van der Waals surface area contributed by atoms with Gasteiger partial charge in [-0.1, -0.05) is 11.6 Å². The zero-order chi connectivity index (χ0) is 22.0.